The van der Waals surface area contributed by atoms with Gasteiger partial charge in [0.05, 0.1) is 13.0 Å². The van der Waals surface area contributed by atoms with E-state index in [1.807, 2.05) is 6.92 Å². The number of nitrogens with zero attached hydrogens (tertiary/aromatic N) is 3. The van der Waals surface area contributed by atoms with Crippen molar-refractivity contribution in [1.82, 2.24) is 20.1 Å². The molecule has 0 atom stereocenters. The van der Waals surface area contributed by atoms with Crippen molar-refractivity contribution in [3.8, 4) is 0 Å². The summed E-state index contributed by atoms with van der Waals surface area (Å²) in [6.45, 7) is 2.29. The van der Waals surface area contributed by atoms with Gasteiger partial charge < -0.3 is 4.90 Å². The van der Waals surface area contributed by atoms with Gasteiger partial charge in [0.2, 0.25) is 5.91 Å². The van der Waals surface area contributed by atoms with Gasteiger partial charge in [-0.1, -0.05) is 18.2 Å². The van der Waals surface area contributed by atoms with Crippen molar-refractivity contribution in [2.45, 2.75) is 39.2 Å². The fourth-order valence-electron chi connectivity index (χ4n) is 2.80. The standard InChI is InChI=1S/C16H20N4O/c1-11-17-15(19-18-11)10-20(2)16(21)9-12-6-7-13-4-3-5-14(13)8-12/h6-8H,3-5,9-10H2,1-2H3,(H,17,18,19). The number of benzene rings is 1. The third kappa shape index (κ3) is 3.12. The number of carbonyl (C=O) groups excluding carboxylic acids is 1. The summed E-state index contributed by atoms with van der Waals surface area (Å²) < 4.78 is 0. The summed E-state index contributed by atoms with van der Waals surface area (Å²) in [4.78, 5) is 18.2. The molecule has 5 heteroatoms. The Morgan fingerprint density at radius 1 is 1.33 bits per heavy atom. The number of fused-ring (bicyclic) bond motifs is 1. The van der Waals surface area contributed by atoms with Crippen LogP contribution in [0.2, 0.25) is 0 Å². The summed E-state index contributed by atoms with van der Waals surface area (Å²) in [5.41, 5.74) is 3.95. The summed E-state index contributed by atoms with van der Waals surface area (Å²) in [7, 11) is 1.79. The fraction of sp³-hybridized carbons (Fsp3) is 0.438. The van der Waals surface area contributed by atoms with Gasteiger partial charge in [-0.2, -0.15) is 5.10 Å². The van der Waals surface area contributed by atoms with E-state index in [2.05, 4.69) is 33.4 Å². The minimum atomic E-state index is 0.0930. The average Bonchev–Trinajstić information content (AvgIpc) is 3.07. The van der Waals surface area contributed by atoms with Crippen LogP contribution in [0.4, 0.5) is 0 Å². The van der Waals surface area contributed by atoms with E-state index in [4.69, 9.17) is 0 Å². The van der Waals surface area contributed by atoms with Crippen molar-refractivity contribution in [1.29, 1.82) is 0 Å². The number of hydrogen-bond acceptors (Lipinski definition) is 3. The van der Waals surface area contributed by atoms with E-state index in [9.17, 15) is 4.79 Å². The molecule has 0 bridgehead atoms. The maximum atomic E-state index is 12.3. The number of carbonyl (C=O) groups is 1. The summed E-state index contributed by atoms with van der Waals surface area (Å²) in [5, 5.41) is 6.85. The number of rotatable bonds is 4. The lowest BCUT2D eigenvalue weighted by molar-refractivity contribution is -0.129. The number of hydrogen-bond donors (Lipinski definition) is 1. The highest BCUT2D eigenvalue weighted by atomic mass is 16.2. The van der Waals surface area contributed by atoms with Gasteiger partial charge in [-0.3, -0.25) is 9.89 Å². The molecule has 110 valence electrons. The van der Waals surface area contributed by atoms with Crippen molar-refractivity contribution < 1.29 is 4.79 Å². The van der Waals surface area contributed by atoms with Crippen LogP contribution in [0.3, 0.4) is 0 Å². The molecule has 1 aliphatic carbocycles. The quantitative estimate of drug-likeness (QED) is 0.931. The Balaban J connectivity index is 1.63. The predicted octanol–water partition coefficient (Wildman–Crippen LogP) is 1.80. The lowest BCUT2D eigenvalue weighted by Crippen LogP contribution is -2.28. The van der Waals surface area contributed by atoms with E-state index >= 15 is 0 Å². The summed E-state index contributed by atoms with van der Waals surface area (Å²) in [6, 6.07) is 6.43. The first-order valence-corrected chi connectivity index (χ1v) is 7.34. The maximum absolute atomic E-state index is 12.3. The lowest BCUT2D eigenvalue weighted by Gasteiger charge is -2.15. The first kappa shape index (κ1) is 13.8. The highest BCUT2D eigenvalue weighted by Gasteiger charge is 2.15. The van der Waals surface area contributed by atoms with Gasteiger partial charge in [-0.05, 0) is 42.9 Å². The molecule has 1 amide bonds. The van der Waals surface area contributed by atoms with Gasteiger partial charge in [-0.25, -0.2) is 4.98 Å². The molecule has 1 aromatic carbocycles. The highest BCUT2D eigenvalue weighted by molar-refractivity contribution is 5.78. The molecule has 1 N–H and O–H groups in total. The third-order valence-electron chi connectivity index (χ3n) is 3.97. The topological polar surface area (TPSA) is 61.9 Å². The van der Waals surface area contributed by atoms with Crippen molar-refractivity contribution >= 4 is 5.91 Å². The molecule has 3 rings (SSSR count). The Morgan fingerprint density at radius 2 is 2.14 bits per heavy atom. The molecule has 21 heavy (non-hydrogen) atoms. The molecule has 0 unspecified atom stereocenters. The molecular formula is C16H20N4O. The Hall–Kier alpha value is -2.17. The van der Waals surface area contributed by atoms with Gasteiger partial charge in [0.1, 0.15) is 5.82 Å². The van der Waals surface area contributed by atoms with Crippen LogP contribution < -0.4 is 0 Å². The second-order valence-electron chi connectivity index (χ2n) is 5.72. The first-order valence-electron chi connectivity index (χ1n) is 7.34. The molecule has 0 radical (unpaired) electrons. The lowest BCUT2D eigenvalue weighted by atomic mass is 10.0. The van der Waals surface area contributed by atoms with E-state index in [-0.39, 0.29) is 5.91 Å². The zero-order valence-corrected chi connectivity index (χ0v) is 12.5. The van der Waals surface area contributed by atoms with E-state index in [1.165, 1.54) is 24.0 Å². The number of aromatic nitrogens is 3. The van der Waals surface area contributed by atoms with E-state index in [0.29, 0.717) is 18.8 Å². The number of H-pyrrole nitrogens is 1. The number of amides is 1. The average molecular weight is 284 g/mol. The summed E-state index contributed by atoms with van der Waals surface area (Å²) >= 11 is 0. The van der Waals surface area contributed by atoms with Crippen molar-refractivity contribution in [2.24, 2.45) is 0 Å². The van der Waals surface area contributed by atoms with Crippen LogP contribution in [-0.4, -0.2) is 33.0 Å². The molecule has 0 spiro atoms. The maximum Gasteiger partial charge on any atom is 0.227 e. The van der Waals surface area contributed by atoms with Gasteiger partial charge in [0.25, 0.3) is 0 Å². The van der Waals surface area contributed by atoms with Crippen LogP contribution in [0.5, 0.6) is 0 Å². The molecule has 0 saturated heterocycles. The van der Waals surface area contributed by atoms with Gasteiger partial charge in [0, 0.05) is 7.05 Å². The smallest absolute Gasteiger partial charge is 0.227 e. The Morgan fingerprint density at radius 3 is 2.90 bits per heavy atom. The van der Waals surface area contributed by atoms with Crippen LogP contribution in [-0.2, 0) is 30.6 Å². The fourth-order valence-corrected chi connectivity index (χ4v) is 2.80. The molecule has 5 nitrogen and oxygen atoms in total. The van der Waals surface area contributed by atoms with Gasteiger partial charge >= 0.3 is 0 Å². The Kier molecular flexibility index (Phi) is 3.73. The van der Waals surface area contributed by atoms with Crippen LogP contribution >= 0.6 is 0 Å². The second kappa shape index (κ2) is 5.68. The predicted molar refractivity (Wildman–Crippen MR) is 79.8 cm³/mol. The van der Waals surface area contributed by atoms with Gasteiger partial charge in [-0.15, -0.1) is 0 Å². The number of aromatic amines is 1. The Bertz CT molecular complexity index is 662. The summed E-state index contributed by atoms with van der Waals surface area (Å²) in [6.07, 6.45) is 3.99. The van der Waals surface area contributed by atoms with Crippen LogP contribution in [0.25, 0.3) is 0 Å². The van der Waals surface area contributed by atoms with Crippen molar-refractivity contribution in [2.75, 3.05) is 7.05 Å². The van der Waals surface area contributed by atoms with Crippen molar-refractivity contribution in [3.05, 3.63) is 46.5 Å². The molecule has 1 heterocycles. The number of nitrogens with one attached hydrogen (secondary N) is 1. The van der Waals surface area contributed by atoms with E-state index in [0.717, 1.165) is 17.8 Å². The third-order valence-corrected chi connectivity index (χ3v) is 3.97. The molecule has 0 saturated carbocycles. The first-order chi connectivity index (χ1) is 10.1. The second-order valence-corrected chi connectivity index (χ2v) is 5.72. The zero-order valence-electron chi connectivity index (χ0n) is 12.5. The van der Waals surface area contributed by atoms with E-state index < -0.39 is 0 Å². The monoisotopic (exact) mass is 284 g/mol. The minimum absolute atomic E-state index is 0.0930. The van der Waals surface area contributed by atoms with E-state index in [1.54, 1.807) is 11.9 Å². The Labute approximate surface area is 124 Å². The van der Waals surface area contributed by atoms with Crippen LogP contribution in [0.15, 0.2) is 18.2 Å². The molecule has 2 aromatic rings. The minimum Gasteiger partial charge on any atom is -0.338 e. The number of likely N-dealkylation sites (N-methyl/N-ethyl adjacent to an activating group) is 1. The highest BCUT2D eigenvalue weighted by Crippen LogP contribution is 2.23. The molecule has 1 aliphatic rings. The van der Waals surface area contributed by atoms with Crippen LogP contribution in [0.1, 0.15) is 34.8 Å². The van der Waals surface area contributed by atoms with Gasteiger partial charge in [0.15, 0.2) is 5.82 Å². The SMILES string of the molecule is Cc1nc(CN(C)C(=O)Cc2ccc3c(c2)CCC3)n[nH]1. The normalized spacial score (nSPS) is 13.2. The summed E-state index contributed by atoms with van der Waals surface area (Å²) in [5.74, 6) is 1.51. The largest absolute Gasteiger partial charge is 0.338 e. The molecule has 1 aromatic heterocycles. The van der Waals surface area contributed by atoms with Crippen molar-refractivity contribution in [3.63, 3.8) is 0 Å². The molecular weight excluding hydrogens is 264 g/mol. The van der Waals surface area contributed by atoms with Crippen LogP contribution in [0, 0.1) is 6.92 Å². The zero-order chi connectivity index (χ0) is 14.8. The molecule has 0 fully saturated rings. The number of aryl methyl sites for hydroxylation is 3. The molecule has 0 aliphatic heterocycles.